The summed E-state index contributed by atoms with van der Waals surface area (Å²) in [5.74, 6) is 0.780. The molecule has 1 rings (SSSR count). The van der Waals surface area contributed by atoms with Crippen molar-refractivity contribution in [1.29, 1.82) is 0 Å². The number of hydrogen-bond acceptors (Lipinski definition) is 3. The molecule has 0 radical (unpaired) electrons. The van der Waals surface area contributed by atoms with E-state index in [0.29, 0.717) is 25.4 Å². The normalized spacial score (nSPS) is 20.9. The van der Waals surface area contributed by atoms with Crippen LogP contribution in [0.3, 0.4) is 0 Å². The summed E-state index contributed by atoms with van der Waals surface area (Å²) in [7, 11) is 1.63. The van der Waals surface area contributed by atoms with E-state index in [1.54, 1.807) is 11.9 Å². The lowest BCUT2D eigenvalue weighted by molar-refractivity contribution is -0.142. The molecule has 1 aliphatic rings. The van der Waals surface area contributed by atoms with Gasteiger partial charge in [-0.3, -0.25) is 9.59 Å². The lowest BCUT2D eigenvalue weighted by Gasteiger charge is -2.35. The molecule has 2 unspecified atom stereocenters. The molecule has 5 heteroatoms. The van der Waals surface area contributed by atoms with Crippen molar-refractivity contribution in [1.82, 2.24) is 10.2 Å². The summed E-state index contributed by atoms with van der Waals surface area (Å²) in [5.41, 5.74) is 5.77. The Morgan fingerprint density at radius 2 is 2.05 bits per heavy atom. The van der Waals surface area contributed by atoms with Gasteiger partial charge >= 0.3 is 0 Å². The van der Waals surface area contributed by atoms with Gasteiger partial charge < -0.3 is 16.0 Å². The van der Waals surface area contributed by atoms with Crippen molar-refractivity contribution >= 4 is 11.8 Å². The lowest BCUT2D eigenvalue weighted by atomic mass is 9.92. The molecule has 0 aliphatic carbocycles. The van der Waals surface area contributed by atoms with Crippen LogP contribution in [0.15, 0.2) is 0 Å². The van der Waals surface area contributed by atoms with Crippen LogP contribution < -0.4 is 11.1 Å². The van der Waals surface area contributed by atoms with Gasteiger partial charge in [-0.25, -0.2) is 0 Å². The highest BCUT2D eigenvalue weighted by Gasteiger charge is 2.32. The Hall–Kier alpha value is -1.10. The van der Waals surface area contributed by atoms with Gasteiger partial charge in [-0.05, 0) is 44.1 Å². The van der Waals surface area contributed by atoms with Crippen LogP contribution in [0.2, 0.25) is 0 Å². The van der Waals surface area contributed by atoms with Crippen LogP contribution in [-0.2, 0) is 9.59 Å². The van der Waals surface area contributed by atoms with E-state index in [-0.39, 0.29) is 23.8 Å². The van der Waals surface area contributed by atoms with Crippen LogP contribution >= 0.6 is 0 Å². The third kappa shape index (κ3) is 4.78. The zero-order chi connectivity index (χ0) is 15.1. The maximum Gasteiger partial charge on any atom is 0.242 e. The summed E-state index contributed by atoms with van der Waals surface area (Å²) in [6.07, 6.45) is 4.18. The first-order valence-corrected chi connectivity index (χ1v) is 7.70. The molecule has 0 bridgehead atoms. The van der Waals surface area contributed by atoms with Crippen LogP contribution in [0.5, 0.6) is 0 Å². The molecule has 20 heavy (non-hydrogen) atoms. The minimum Gasteiger partial charge on any atom is -0.357 e. The van der Waals surface area contributed by atoms with E-state index in [1.165, 1.54) is 0 Å². The molecule has 2 atom stereocenters. The Bertz CT molecular complexity index is 331. The Morgan fingerprint density at radius 3 is 2.60 bits per heavy atom. The molecule has 1 heterocycles. The smallest absolute Gasteiger partial charge is 0.242 e. The molecule has 3 N–H and O–H groups in total. The van der Waals surface area contributed by atoms with Crippen molar-refractivity contribution in [2.75, 3.05) is 20.1 Å². The predicted molar refractivity (Wildman–Crippen MR) is 80.0 cm³/mol. The number of carbonyl (C=O) groups excluding carboxylic acids is 2. The largest absolute Gasteiger partial charge is 0.357 e. The number of carbonyl (C=O) groups is 2. The van der Waals surface area contributed by atoms with Crippen molar-refractivity contribution in [3.05, 3.63) is 0 Å². The number of nitrogens with two attached hydrogens (primary N) is 1. The van der Waals surface area contributed by atoms with Crippen LogP contribution in [0.4, 0.5) is 0 Å². The monoisotopic (exact) mass is 283 g/mol. The minimum atomic E-state index is -0.293. The van der Waals surface area contributed by atoms with Gasteiger partial charge in [-0.2, -0.15) is 0 Å². The molecular formula is C15H29N3O2. The van der Waals surface area contributed by atoms with Gasteiger partial charge in [-0.1, -0.05) is 13.8 Å². The minimum absolute atomic E-state index is 0.0498. The van der Waals surface area contributed by atoms with Gasteiger partial charge in [0.2, 0.25) is 11.8 Å². The van der Waals surface area contributed by atoms with Crippen LogP contribution in [0, 0.1) is 11.8 Å². The van der Waals surface area contributed by atoms with Gasteiger partial charge in [-0.15, -0.1) is 0 Å². The Balaban J connectivity index is 2.64. The highest BCUT2D eigenvalue weighted by atomic mass is 16.2. The molecule has 0 aromatic rings. The van der Waals surface area contributed by atoms with Crippen molar-refractivity contribution in [2.45, 2.75) is 52.0 Å². The first kappa shape index (κ1) is 17.0. The fourth-order valence-corrected chi connectivity index (χ4v) is 2.96. The van der Waals surface area contributed by atoms with E-state index in [9.17, 15) is 9.59 Å². The van der Waals surface area contributed by atoms with Gasteiger partial charge in [0.15, 0.2) is 0 Å². The SMILES string of the molecule is CNC(=O)C1CCCCN1C(=O)CC(CN)CC(C)C. The third-order valence-corrected chi connectivity index (χ3v) is 3.97. The predicted octanol–water partition coefficient (Wildman–Crippen LogP) is 1.12. The molecule has 0 saturated carbocycles. The average molecular weight is 283 g/mol. The van der Waals surface area contributed by atoms with Crippen molar-refractivity contribution in [3.63, 3.8) is 0 Å². The molecule has 1 fully saturated rings. The number of amides is 2. The number of nitrogens with zero attached hydrogens (tertiary/aromatic N) is 1. The van der Waals surface area contributed by atoms with Crippen molar-refractivity contribution in [3.8, 4) is 0 Å². The van der Waals surface area contributed by atoms with Crippen molar-refractivity contribution < 1.29 is 9.59 Å². The summed E-state index contributed by atoms with van der Waals surface area (Å²) < 4.78 is 0. The van der Waals surface area contributed by atoms with E-state index < -0.39 is 0 Å². The molecule has 2 amide bonds. The quantitative estimate of drug-likeness (QED) is 0.767. The fraction of sp³-hybridized carbons (Fsp3) is 0.867. The molecule has 0 aromatic heterocycles. The average Bonchev–Trinajstić information content (AvgIpc) is 2.45. The number of hydrogen-bond donors (Lipinski definition) is 2. The molecule has 1 aliphatic heterocycles. The maximum absolute atomic E-state index is 12.5. The molecule has 0 spiro atoms. The van der Waals surface area contributed by atoms with Gasteiger partial charge in [0.25, 0.3) is 0 Å². The zero-order valence-electron chi connectivity index (χ0n) is 13.0. The van der Waals surface area contributed by atoms with E-state index in [1.807, 2.05) is 0 Å². The van der Waals surface area contributed by atoms with E-state index >= 15 is 0 Å². The molecule has 5 nitrogen and oxygen atoms in total. The maximum atomic E-state index is 12.5. The molecule has 1 saturated heterocycles. The Labute approximate surface area is 122 Å². The number of likely N-dealkylation sites (tertiary alicyclic amines) is 1. The highest BCUT2D eigenvalue weighted by Crippen LogP contribution is 2.21. The highest BCUT2D eigenvalue weighted by molar-refractivity contribution is 5.87. The zero-order valence-corrected chi connectivity index (χ0v) is 13.0. The standard InChI is InChI=1S/C15H29N3O2/c1-11(2)8-12(10-16)9-14(19)18-7-5-4-6-13(18)15(20)17-3/h11-13H,4-10,16H2,1-3H3,(H,17,20). The second kappa shape index (κ2) is 8.25. The second-order valence-electron chi connectivity index (χ2n) is 6.15. The third-order valence-electron chi connectivity index (χ3n) is 3.97. The van der Waals surface area contributed by atoms with Crippen LogP contribution in [0.25, 0.3) is 0 Å². The van der Waals surface area contributed by atoms with Gasteiger partial charge in [0, 0.05) is 20.0 Å². The summed E-state index contributed by atoms with van der Waals surface area (Å²) in [4.78, 5) is 26.1. The van der Waals surface area contributed by atoms with Gasteiger partial charge in [0.05, 0.1) is 0 Å². The second-order valence-corrected chi connectivity index (χ2v) is 6.15. The first-order chi connectivity index (χ1) is 9.49. The van der Waals surface area contributed by atoms with Crippen molar-refractivity contribution in [2.24, 2.45) is 17.6 Å². The summed E-state index contributed by atoms with van der Waals surface area (Å²) in [6, 6.07) is -0.293. The molecular weight excluding hydrogens is 254 g/mol. The van der Waals surface area contributed by atoms with E-state index in [4.69, 9.17) is 5.73 Å². The Morgan fingerprint density at radius 1 is 1.35 bits per heavy atom. The number of rotatable bonds is 6. The summed E-state index contributed by atoms with van der Waals surface area (Å²) in [6.45, 7) is 5.50. The Kier molecular flexibility index (Phi) is 6.99. The van der Waals surface area contributed by atoms with Crippen LogP contribution in [-0.4, -0.2) is 42.9 Å². The fourth-order valence-electron chi connectivity index (χ4n) is 2.96. The topological polar surface area (TPSA) is 75.4 Å². The molecule has 0 aromatic carbocycles. The number of nitrogens with one attached hydrogen (secondary N) is 1. The number of likely N-dealkylation sites (N-methyl/N-ethyl adjacent to an activating group) is 1. The molecule has 116 valence electrons. The van der Waals surface area contributed by atoms with E-state index in [2.05, 4.69) is 19.2 Å². The summed E-state index contributed by atoms with van der Waals surface area (Å²) >= 11 is 0. The van der Waals surface area contributed by atoms with E-state index in [0.717, 1.165) is 25.7 Å². The lowest BCUT2D eigenvalue weighted by Crippen LogP contribution is -2.51. The summed E-state index contributed by atoms with van der Waals surface area (Å²) in [5, 5.41) is 2.66. The first-order valence-electron chi connectivity index (χ1n) is 7.70. The number of piperidine rings is 1. The van der Waals surface area contributed by atoms with Gasteiger partial charge in [0.1, 0.15) is 6.04 Å². The van der Waals surface area contributed by atoms with Crippen LogP contribution in [0.1, 0.15) is 46.0 Å².